The molecule has 0 aliphatic carbocycles. The van der Waals surface area contributed by atoms with E-state index in [2.05, 4.69) is 27.3 Å². The summed E-state index contributed by atoms with van der Waals surface area (Å²) in [6.45, 7) is 7.96. The summed E-state index contributed by atoms with van der Waals surface area (Å²) in [5.74, 6) is 0.757. The first-order valence-electron chi connectivity index (χ1n) is 10.5. The number of hydrogen-bond donors (Lipinski definition) is 1. The van der Waals surface area contributed by atoms with Crippen molar-refractivity contribution in [1.29, 1.82) is 0 Å². The van der Waals surface area contributed by atoms with Gasteiger partial charge < -0.3 is 19.5 Å². The van der Waals surface area contributed by atoms with E-state index in [0.717, 1.165) is 60.8 Å². The molecule has 0 unspecified atom stereocenters. The standard InChI is InChI=1S/C23H27N5O2S/c1-3-28-21(18-7-5-4-6-8-18)25-26-23(28)31-17(2)22(29)24-19-9-11-20(12-10-19)27-13-15-30-16-14-27/h4-12,17H,3,13-16H2,1-2H3,(H,24,29)/t17-/m1/s1. The Morgan fingerprint density at radius 1 is 1.10 bits per heavy atom. The molecule has 0 bridgehead atoms. The van der Waals surface area contributed by atoms with Crippen molar-refractivity contribution in [3.63, 3.8) is 0 Å². The summed E-state index contributed by atoms with van der Waals surface area (Å²) < 4.78 is 7.45. The molecule has 4 rings (SSSR count). The molecule has 1 N–H and O–H groups in total. The Labute approximate surface area is 186 Å². The largest absolute Gasteiger partial charge is 0.378 e. The molecular weight excluding hydrogens is 410 g/mol. The Kier molecular flexibility index (Phi) is 6.89. The zero-order valence-corrected chi connectivity index (χ0v) is 18.6. The maximum absolute atomic E-state index is 12.8. The third kappa shape index (κ3) is 5.08. The molecule has 1 saturated heterocycles. The van der Waals surface area contributed by atoms with Gasteiger partial charge in [0.2, 0.25) is 5.91 Å². The van der Waals surface area contributed by atoms with Gasteiger partial charge >= 0.3 is 0 Å². The first-order valence-corrected chi connectivity index (χ1v) is 11.4. The third-order valence-corrected chi connectivity index (χ3v) is 6.31. The van der Waals surface area contributed by atoms with Crippen molar-refractivity contribution in [3.8, 4) is 11.4 Å². The second-order valence-corrected chi connectivity index (χ2v) is 8.62. The van der Waals surface area contributed by atoms with Crippen molar-refractivity contribution < 1.29 is 9.53 Å². The molecular formula is C23H27N5O2S. The molecule has 1 aliphatic rings. The van der Waals surface area contributed by atoms with Crippen molar-refractivity contribution in [2.24, 2.45) is 0 Å². The fraction of sp³-hybridized carbons (Fsp3) is 0.348. The Balaban J connectivity index is 1.39. The molecule has 7 nitrogen and oxygen atoms in total. The maximum Gasteiger partial charge on any atom is 0.237 e. The number of anilines is 2. The third-order valence-electron chi connectivity index (χ3n) is 5.23. The number of carbonyl (C=O) groups is 1. The minimum absolute atomic E-state index is 0.0592. The van der Waals surface area contributed by atoms with Gasteiger partial charge in [0.1, 0.15) is 0 Å². The summed E-state index contributed by atoms with van der Waals surface area (Å²) >= 11 is 1.42. The number of nitrogens with one attached hydrogen (secondary N) is 1. The zero-order chi connectivity index (χ0) is 21.6. The van der Waals surface area contributed by atoms with E-state index in [0.29, 0.717) is 0 Å². The van der Waals surface area contributed by atoms with Gasteiger partial charge in [-0.25, -0.2) is 0 Å². The molecule has 3 aromatic rings. The number of hydrogen-bond acceptors (Lipinski definition) is 6. The van der Waals surface area contributed by atoms with Crippen LogP contribution in [0.1, 0.15) is 13.8 Å². The van der Waals surface area contributed by atoms with E-state index >= 15 is 0 Å². The van der Waals surface area contributed by atoms with Crippen LogP contribution in [0.5, 0.6) is 0 Å². The number of benzene rings is 2. The van der Waals surface area contributed by atoms with Crippen LogP contribution in [0, 0.1) is 0 Å². The van der Waals surface area contributed by atoms with Crippen molar-refractivity contribution in [2.75, 3.05) is 36.5 Å². The summed E-state index contributed by atoms with van der Waals surface area (Å²) in [4.78, 5) is 15.1. The maximum atomic E-state index is 12.8. The smallest absolute Gasteiger partial charge is 0.237 e. The van der Waals surface area contributed by atoms with Crippen molar-refractivity contribution in [3.05, 3.63) is 54.6 Å². The lowest BCUT2D eigenvalue weighted by atomic mass is 10.2. The molecule has 0 saturated carbocycles. The molecule has 1 amide bonds. The molecule has 1 atom stereocenters. The molecule has 2 heterocycles. The van der Waals surface area contributed by atoms with Crippen LogP contribution in [0.15, 0.2) is 59.8 Å². The normalized spacial score (nSPS) is 15.0. The Hall–Kier alpha value is -2.84. The van der Waals surface area contributed by atoms with Crippen LogP contribution < -0.4 is 10.2 Å². The fourth-order valence-electron chi connectivity index (χ4n) is 3.49. The highest BCUT2D eigenvalue weighted by atomic mass is 32.2. The van der Waals surface area contributed by atoms with Crippen LogP contribution in [0.25, 0.3) is 11.4 Å². The number of nitrogens with zero attached hydrogens (tertiary/aromatic N) is 4. The molecule has 1 aromatic heterocycles. The van der Waals surface area contributed by atoms with Gasteiger partial charge in [-0.3, -0.25) is 4.79 Å². The van der Waals surface area contributed by atoms with Gasteiger partial charge in [-0.1, -0.05) is 42.1 Å². The summed E-state index contributed by atoms with van der Waals surface area (Å²) in [5.41, 5.74) is 2.95. The quantitative estimate of drug-likeness (QED) is 0.565. The SMILES string of the molecule is CCn1c(S[C@H](C)C(=O)Nc2ccc(N3CCOCC3)cc2)nnc1-c1ccccc1. The molecule has 8 heteroatoms. The van der Waals surface area contributed by atoms with E-state index < -0.39 is 0 Å². The molecule has 1 aliphatic heterocycles. The number of amides is 1. The van der Waals surface area contributed by atoms with Gasteiger partial charge in [-0.05, 0) is 38.1 Å². The van der Waals surface area contributed by atoms with E-state index in [4.69, 9.17) is 4.74 Å². The van der Waals surface area contributed by atoms with E-state index in [1.165, 1.54) is 11.8 Å². The van der Waals surface area contributed by atoms with Crippen LogP contribution in [0.4, 0.5) is 11.4 Å². The highest BCUT2D eigenvalue weighted by molar-refractivity contribution is 8.00. The average molecular weight is 438 g/mol. The minimum atomic E-state index is -0.308. The van der Waals surface area contributed by atoms with Crippen LogP contribution in [0.3, 0.4) is 0 Å². The predicted octanol–water partition coefficient (Wildman–Crippen LogP) is 3.92. The van der Waals surface area contributed by atoms with Gasteiger partial charge in [0.05, 0.1) is 18.5 Å². The van der Waals surface area contributed by atoms with Gasteiger partial charge in [-0.15, -0.1) is 10.2 Å². The summed E-state index contributed by atoms with van der Waals surface area (Å²) in [6, 6.07) is 17.9. The lowest BCUT2D eigenvalue weighted by Crippen LogP contribution is -2.36. The lowest BCUT2D eigenvalue weighted by molar-refractivity contribution is -0.115. The number of thioether (sulfide) groups is 1. The lowest BCUT2D eigenvalue weighted by Gasteiger charge is -2.28. The van der Waals surface area contributed by atoms with Gasteiger partial charge in [0, 0.05) is 36.6 Å². The predicted molar refractivity (Wildman–Crippen MR) is 125 cm³/mol. The minimum Gasteiger partial charge on any atom is -0.378 e. The van der Waals surface area contributed by atoms with Crippen molar-refractivity contribution >= 4 is 29.0 Å². The van der Waals surface area contributed by atoms with E-state index in [-0.39, 0.29) is 11.2 Å². The fourth-order valence-corrected chi connectivity index (χ4v) is 4.41. The topological polar surface area (TPSA) is 72.3 Å². The van der Waals surface area contributed by atoms with E-state index in [9.17, 15) is 4.79 Å². The van der Waals surface area contributed by atoms with Gasteiger partial charge in [-0.2, -0.15) is 0 Å². The second-order valence-electron chi connectivity index (χ2n) is 7.31. The zero-order valence-electron chi connectivity index (χ0n) is 17.8. The monoisotopic (exact) mass is 437 g/mol. The highest BCUT2D eigenvalue weighted by Gasteiger charge is 2.20. The molecule has 0 radical (unpaired) electrons. The summed E-state index contributed by atoms with van der Waals surface area (Å²) in [5, 5.41) is 12.1. The summed E-state index contributed by atoms with van der Waals surface area (Å²) in [7, 11) is 0. The average Bonchev–Trinajstić information content (AvgIpc) is 3.23. The van der Waals surface area contributed by atoms with Crippen molar-refractivity contribution in [1.82, 2.24) is 14.8 Å². The number of morpholine rings is 1. The van der Waals surface area contributed by atoms with E-state index in [1.807, 2.05) is 66.1 Å². The van der Waals surface area contributed by atoms with Crippen molar-refractivity contribution in [2.45, 2.75) is 30.8 Å². The first-order chi connectivity index (χ1) is 15.2. The van der Waals surface area contributed by atoms with Crippen LogP contribution in [-0.2, 0) is 16.1 Å². The number of ether oxygens (including phenoxy) is 1. The Bertz CT molecular complexity index is 1000. The Morgan fingerprint density at radius 3 is 2.48 bits per heavy atom. The highest BCUT2D eigenvalue weighted by Crippen LogP contribution is 2.27. The van der Waals surface area contributed by atoms with Gasteiger partial charge in [0.15, 0.2) is 11.0 Å². The first kappa shape index (κ1) is 21.4. The molecule has 1 fully saturated rings. The summed E-state index contributed by atoms with van der Waals surface area (Å²) in [6.07, 6.45) is 0. The Morgan fingerprint density at radius 2 is 1.81 bits per heavy atom. The van der Waals surface area contributed by atoms with Crippen LogP contribution in [0.2, 0.25) is 0 Å². The van der Waals surface area contributed by atoms with Crippen LogP contribution >= 0.6 is 11.8 Å². The molecule has 162 valence electrons. The van der Waals surface area contributed by atoms with Crippen LogP contribution in [-0.4, -0.2) is 52.2 Å². The van der Waals surface area contributed by atoms with Gasteiger partial charge in [0.25, 0.3) is 0 Å². The number of carbonyl (C=O) groups excluding carboxylic acids is 1. The number of aromatic nitrogens is 3. The van der Waals surface area contributed by atoms with E-state index in [1.54, 1.807) is 0 Å². The number of rotatable bonds is 7. The molecule has 2 aromatic carbocycles. The second kappa shape index (κ2) is 9.98. The molecule has 0 spiro atoms. The molecule has 31 heavy (non-hydrogen) atoms.